The maximum Gasteiger partial charge on any atom is 0.270 e. The van der Waals surface area contributed by atoms with Gasteiger partial charge in [0, 0.05) is 38.3 Å². The van der Waals surface area contributed by atoms with Crippen molar-refractivity contribution in [1.82, 2.24) is 14.4 Å². The zero-order valence-corrected chi connectivity index (χ0v) is 18.1. The second-order valence-electron chi connectivity index (χ2n) is 8.05. The highest BCUT2D eigenvalue weighted by molar-refractivity contribution is 5.97. The van der Waals surface area contributed by atoms with Gasteiger partial charge in [-0.15, -0.1) is 0 Å². The summed E-state index contributed by atoms with van der Waals surface area (Å²) in [6.45, 7) is 1.93. The lowest BCUT2D eigenvalue weighted by molar-refractivity contribution is 0.0722. The lowest BCUT2D eigenvalue weighted by Gasteiger charge is -2.25. The molecule has 0 radical (unpaired) electrons. The van der Waals surface area contributed by atoms with Crippen LogP contribution in [-0.2, 0) is 13.1 Å². The van der Waals surface area contributed by atoms with Crippen molar-refractivity contribution in [3.8, 4) is 0 Å². The van der Waals surface area contributed by atoms with Crippen LogP contribution in [0.4, 0.5) is 8.78 Å². The fourth-order valence-corrected chi connectivity index (χ4v) is 3.68. The van der Waals surface area contributed by atoms with Crippen molar-refractivity contribution in [3.63, 3.8) is 0 Å². The molecular formula is C25H25F2N3O2. The van der Waals surface area contributed by atoms with Gasteiger partial charge in [-0.25, -0.2) is 8.78 Å². The standard InChI is InChI=1S/C25H25F2N3O2/c1-28(2)11-12-29(16-18-6-4-3-5-7-18)25(31)23-15-24-22(10-13-32-24)30(23)17-19-8-9-20(26)21(27)14-19/h3-10,13-15H,11-12,16-17H2,1-2H3. The van der Waals surface area contributed by atoms with Gasteiger partial charge in [0.25, 0.3) is 5.91 Å². The Hall–Kier alpha value is -3.45. The van der Waals surface area contributed by atoms with E-state index in [-0.39, 0.29) is 12.5 Å². The van der Waals surface area contributed by atoms with E-state index in [4.69, 9.17) is 4.42 Å². The van der Waals surface area contributed by atoms with Gasteiger partial charge < -0.3 is 18.8 Å². The molecular weight excluding hydrogens is 412 g/mol. The summed E-state index contributed by atoms with van der Waals surface area (Å²) in [5.74, 6) is -1.96. The van der Waals surface area contributed by atoms with Crippen LogP contribution in [0.2, 0.25) is 0 Å². The lowest BCUT2D eigenvalue weighted by Crippen LogP contribution is -2.37. The van der Waals surface area contributed by atoms with Crippen molar-refractivity contribution in [2.24, 2.45) is 0 Å². The predicted octanol–water partition coefficient (Wildman–Crippen LogP) is 4.76. The maximum absolute atomic E-state index is 13.8. The van der Waals surface area contributed by atoms with Gasteiger partial charge in [-0.3, -0.25) is 4.79 Å². The van der Waals surface area contributed by atoms with Crippen molar-refractivity contribution in [1.29, 1.82) is 0 Å². The first kappa shape index (κ1) is 21.8. The summed E-state index contributed by atoms with van der Waals surface area (Å²) >= 11 is 0. The Morgan fingerprint density at radius 3 is 2.44 bits per heavy atom. The average Bonchev–Trinajstić information content (AvgIpc) is 3.36. The number of furan rings is 1. The van der Waals surface area contributed by atoms with Crippen LogP contribution in [0.15, 0.2) is 71.3 Å². The van der Waals surface area contributed by atoms with E-state index < -0.39 is 11.6 Å². The Morgan fingerprint density at radius 1 is 0.938 bits per heavy atom. The average molecular weight is 437 g/mol. The van der Waals surface area contributed by atoms with Crippen molar-refractivity contribution >= 4 is 17.0 Å². The van der Waals surface area contributed by atoms with Crippen LogP contribution in [0, 0.1) is 11.6 Å². The van der Waals surface area contributed by atoms with Crippen LogP contribution in [0.25, 0.3) is 11.1 Å². The van der Waals surface area contributed by atoms with E-state index in [1.165, 1.54) is 6.07 Å². The number of aromatic nitrogens is 1. The molecule has 5 nitrogen and oxygen atoms in total. The molecule has 0 fully saturated rings. The number of carbonyl (C=O) groups excluding carboxylic acids is 1. The highest BCUT2D eigenvalue weighted by Gasteiger charge is 2.23. The summed E-state index contributed by atoms with van der Waals surface area (Å²) in [6.07, 6.45) is 1.55. The number of hydrogen-bond acceptors (Lipinski definition) is 3. The molecule has 0 N–H and O–H groups in total. The molecule has 2 aromatic heterocycles. The van der Waals surface area contributed by atoms with Crippen LogP contribution >= 0.6 is 0 Å². The molecule has 4 rings (SSSR count). The predicted molar refractivity (Wildman–Crippen MR) is 119 cm³/mol. The van der Waals surface area contributed by atoms with Crippen LogP contribution in [0.1, 0.15) is 21.6 Å². The molecule has 0 aliphatic carbocycles. The zero-order chi connectivity index (χ0) is 22.7. The van der Waals surface area contributed by atoms with Gasteiger partial charge in [0.05, 0.1) is 11.8 Å². The number of nitrogens with zero attached hydrogens (tertiary/aromatic N) is 3. The summed E-state index contributed by atoms with van der Waals surface area (Å²) in [5.41, 5.74) is 3.33. The van der Waals surface area contributed by atoms with E-state index in [0.717, 1.165) is 23.2 Å². The van der Waals surface area contributed by atoms with E-state index in [9.17, 15) is 13.6 Å². The second kappa shape index (κ2) is 9.36. The molecule has 4 aromatic rings. The lowest BCUT2D eigenvalue weighted by atomic mass is 10.2. The number of fused-ring (bicyclic) bond motifs is 1. The minimum Gasteiger partial charge on any atom is -0.463 e. The Labute approximate surface area is 185 Å². The van der Waals surface area contributed by atoms with E-state index in [2.05, 4.69) is 0 Å². The smallest absolute Gasteiger partial charge is 0.270 e. The first-order valence-corrected chi connectivity index (χ1v) is 10.4. The Bertz CT molecular complexity index is 1210. The first-order chi connectivity index (χ1) is 15.4. The number of carbonyl (C=O) groups is 1. The molecule has 1 amide bonds. The minimum absolute atomic E-state index is 0.148. The quantitative estimate of drug-likeness (QED) is 0.399. The molecule has 2 aromatic carbocycles. The summed E-state index contributed by atoms with van der Waals surface area (Å²) < 4.78 is 34.5. The number of rotatable bonds is 8. The van der Waals surface area contributed by atoms with Crippen LogP contribution < -0.4 is 0 Å². The van der Waals surface area contributed by atoms with E-state index in [1.807, 2.05) is 49.3 Å². The van der Waals surface area contributed by atoms with E-state index in [0.29, 0.717) is 36.5 Å². The molecule has 0 unspecified atom stereocenters. The number of likely N-dealkylation sites (N-methyl/N-ethyl adjacent to an activating group) is 1. The first-order valence-electron chi connectivity index (χ1n) is 10.4. The van der Waals surface area contributed by atoms with Crippen molar-refractivity contribution in [3.05, 3.63) is 95.4 Å². The number of benzene rings is 2. The molecule has 2 heterocycles. The second-order valence-corrected chi connectivity index (χ2v) is 8.05. The fraction of sp³-hybridized carbons (Fsp3) is 0.240. The summed E-state index contributed by atoms with van der Waals surface area (Å²) in [7, 11) is 3.92. The number of halogens is 2. The third kappa shape index (κ3) is 4.73. The molecule has 0 spiro atoms. The van der Waals surface area contributed by atoms with E-state index in [1.54, 1.807) is 27.9 Å². The maximum atomic E-state index is 13.8. The molecule has 0 bridgehead atoms. The van der Waals surface area contributed by atoms with Gasteiger partial charge in [0.15, 0.2) is 17.2 Å². The largest absolute Gasteiger partial charge is 0.463 e. The molecule has 0 saturated carbocycles. The zero-order valence-electron chi connectivity index (χ0n) is 18.1. The van der Waals surface area contributed by atoms with Crippen LogP contribution in [-0.4, -0.2) is 47.5 Å². The SMILES string of the molecule is CN(C)CCN(Cc1ccccc1)C(=O)c1cc2occc2n1Cc1ccc(F)c(F)c1. The van der Waals surface area contributed by atoms with Gasteiger partial charge in [-0.1, -0.05) is 36.4 Å². The van der Waals surface area contributed by atoms with Crippen molar-refractivity contribution in [2.75, 3.05) is 27.2 Å². The summed E-state index contributed by atoms with van der Waals surface area (Å²) in [5, 5.41) is 0. The van der Waals surface area contributed by atoms with Crippen LogP contribution in [0.5, 0.6) is 0 Å². The van der Waals surface area contributed by atoms with Gasteiger partial charge in [0.2, 0.25) is 0 Å². The fourth-order valence-electron chi connectivity index (χ4n) is 3.68. The number of amides is 1. The molecule has 0 saturated heterocycles. The molecule has 0 atom stereocenters. The minimum atomic E-state index is -0.914. The normalized spacial score (nSPS) is 11.4. The van der Waals surface area contributed by atoms with Crippen molar-refractivity contribution < 1.29 is 18.0 Å². The van der Waals surface area contributed by atoms with Gasteiger partial charge in [0.1, 0.15) is 5.69 Å². The molecule has 7 heteroatoms. The van der Waals surface area contributed by atoms with E-state index >= 15 is 0 Å². The monoisotopic (exact) mass is 437 g/mol. The van der Waals surface area contributed by atoms with Gasteiger partial charge >= 0.3 is 0 Å². The van der Waals surface area contributed by atoms with Crippen LogP contribution in [0.3, 0.4) is 0 Å². The molecule has 0 aliphatic rings. The summed E-state index contributed by atoms with van der Waals surface area (Å²) in [4.78, 5) is 17.5. The topological polar surface area (TPSA) is 41.6 Å². The third-order valence-corrected chi connectivity index (χ3v) is 5.39. The molecule has 0 aliphatic heterocycles. The summed E-state index contributed by atoms with van der Waals surface area (Å²) in [6, 6.07) is 17.1. The Morgan fingerprint density at radius 2 is 1.72 bits per heavy atom. The Kier molecular flexibility index (Phi) is 6.37. The molecule has 32 heavy (non-hydrogen) atoms. The highest BCUT2D eigenvalue weighted by atomic mass is 19.2. The molecule has 166 valence electrons. The number of hydrogen-bond donors (Lipinski definition) is 0. The Balaban J connectivity index is 1.69. The van der Waals surface area contributed by atoms with Gasteiger partial charge in [-0.2, -0.15) is 0 Å². The van der Waals surface area contributed by atoms with Crippen molar-refractivity contribution in [2.45, 2.75) is 13.1 Å². The highest BCUT2D eigenvalue weighted by Crippen LogP contribution is 2.25. The van der Waals surface area contributed by atoms with Gasteiger partial charge in [-0.05, 0) is 37.4 Å². The third-order valence-electron chi connectivity index (χ3n) is 5.39.